The molecular formula is C18H25NO4. The van der Waals surface area contributed by atoms with Crippen molar-refractivity contribution in [3.8, 4) is 11.5 Å². The monoisotopic (exact) mass is 319 g/mol. The maximum atomic E-state index is 12.3. The summed E-state index contributed by atoms with van der Waals surface area (Å²) in [5.74, 6) is 1.81. The summed E-state index contributed by atoms with van der Waals surface area (Å²) in [4.78, 5) is 14.2. The van der Waals surface area contributed by atoms with Gasteiger partial charge in [-0.05, 0) is 42.5 Å². The lowest BCUT2D eigenvalue weighted by Gasteiger charge is -2.31. The SMILES string of the molecule is COCC1CCCN(C(=O)/C=C/c2ccc(OC)c(OC)c2)C1. The van der Waals surface area contributed by atoms with Crippen LogP contribution in [0.2, 0.25) is 0 Å². The number of carbonyl (C=O) groups is 1. The van der Waals surface area contributed by atoms with Gasteiger partial charge in [0, 0.05) is 26.3 Å². The fourth-order valence-electron chi connectivity index (χ4n) is 2.87. The predicted molar refractivity (Wildman–Crippen MR) is 89.8 cm³/mol. The van der Waals surface area contributed by atoms with Gasteiger partial charge in [0.2, 0.25) is 5.91 Å². The van der Waals surface area contributed by atoms with Crippen LogP contribution in [0.15, 0.2) is 24.3 Å². The van der Waals surface area contributed by atoms with Crippen LogP contribution in [0, 0.1) is 5.92 Å². The largest absolute Gasteiger partial charge is 0.493 e. The topological polar surface area (TPSA) is 48.0 Å². The third-order valence-corrected chi connectivity index (χ3v) is 4.06. The van der Waals surface area contributed by atoms with Gasteiger partial charge in [-0.2, -0.15) is 0 Å². The molecule has 0 bridgehead atoms. The Balaban J connectivity index is 2.00. The van der Waals surface area contributed by atoms with Gasteiger partial charge in [-0.1, -0.05) is 6.07 Å². The number of piperidine rings is 1. The van der Waals surface area contributed by atoms with E-state index in [0.29, 0.717) is 24.0 Å². The van der Waals surface area contributed by atoms with Crippen LogP contribution in [-0.2, 0) is 9.53 Å². The van der Waals surface area contributed by atoms with E-state index in [9.17, 15) is 4.79 Å². The second kappa shape index (κ2) is 8.58. The minimum Gasteiger partial charge on any atom is -0.493 e. The number of methoxy groups -OCH3 is 3. The molecule has 1 unspecified atom stereocenters. The van der Waals surface area contributed by atoms with Crippen LogP contribution in [-0.4, -0.2) is 51.8 Å². The first-order chi connectivity index (χ1) is 11.2. The summed E-state index contributed by atoms with van der Waals surface area (Å²) < 4.78 is 15.7. The van der Waals surface area contributed by atoms with Gasteiger partial charge in [0.05, 0.1) is 20.8 Å². The van der Waals surface area contributed by atoms with Crippen molar-refractivity contribution in [3.05, 3.63) is 29.8 Å². The zero-order valence-corrected chi connectivity index (χ0v) is 14.1. The molecule has 0 N–H and O–H groups in total. The Morgan fingerprint density at radius 1 is 1.26 bits per heavy atom. The molecule has 1 aromatic rings. The molecule has 0 saturated carbocycles. The number of carbonyl (C=O) groups excluding carboxylic acids is 1. The third kappa shape index (κ3) is 4.73. The molecule has 23 heavy (non-hydrogen) atoms. The number of hydrogen-bond donors (Lipinski definition) is 0. The highest BCUT2D eigenvalue weighted by Crippen LogP contribution is 2.28. The first-order valence-corrected chi connectivity index (χ1v) is 7.86. The molecule has 0 aromatic heterocycles. The summed E-state index contributed by atoms with van der Waals surface area (Å²) in [6.45, 7) is 2.29. The van der Waals surface area contributed by atoms with E-state index in [1.165, 1.54) is 0 Å². The number of benzene rings is 1. The summed E-state index contributed by atoms with van der Waals surface area (Å²) in [6.07, 6.45) is 5.58. The van der Waals surface area contributed by atoms with E-state index >= 15 is 0 Å². The summed E-state index contributed by atoms with van der Waals surface area (Å²) in [5, 5.41) is 0. The maximum absolute atomic E-state index is 12.3. The van der Waals surface area contributed by atoms with Crippen molar-refractivity contribution in [2.24, 2.45) is 5.92 Å². The number of nitrogens with zero attached hydrogens (tertiary/aromatic N) is 1. The first-order valence-electron chi connectivity index (χ1n) is 7.86. The molecule has 0 spiro atoms. The molecule has 1 heterocycles. The van der Waals surface area contributed by atoms with Gasteiger partial charge in [0.1, 0.15) is 0 Å². The molecule has 5 heteroatoms. The number of ether oxygens (including phenoxy) is 3. The Kier molecular flexibility index (Phi) is 6.47. The number of likely N-dealkylation sites (tertiary alicyclic amines) is 1. The Bertz CT molecular complexity index is 554. The van der Waals surface area contributed by atoms with Crippen LogP contribution in [0.1, 0.15) is 18.4 Å². The van der Waals surface area contributed by atoms with E-state index in [2.05, 4.69) is 0 Å². The van der Waals surface area contributed by atoms with Gasteiger partial charge in [-0.15, -0.1) is 0 Å². The maximum Gasteiger partial charge on any atom is 0.246 e. The van der Waals surface area contributed by atoms with E-state index in [1.54, 1.807) is 27.4 Å². The lowest BCUT2D eigenvalue weighted by atomic mass is 9.99. The molecule has 1 aromatic carbocycles. The molecule has 0 aliphatic carbocycles. The van der Waals surface area contributed by atoms with Gasteiger partial charge in [-0.3, -0.25) is 4.79 Å². The smallest absolute Gasteiger partial charge is 0.246 e. The van der Waals surface area contributed by atoms with Crippen molar-refractivity contribution in [1.82, 2.24) is 4.90 Å². The Hall–Kier alpha value is -2.01. The fourth-order valence-corrected chi connectivity index (χ4v) is 2.87. The highest BCUT2D eigenvalue weighted by Gasteiger charge is 2.22. The lowest BCUT2D eigenvalue weighted by Crippen LogP contribution is -2.40. The van der Waals surface area contributed by atoms with Crippen molar-refractivity contribution in [3.63, 3.8) is 0 Å². The average Bonchev–Trinajstić information content (AvgIpc) is 2.59. The number of hydrogen-bond acceptors (Lipinski definition) is 4. The van der Waals surface area contributed by atoms with Crippen LogP contribution in [0.25, 0.3) is 6.08 Å². The second-order valence-corrected chi connectivity index (χ2v) is 5.70. The Labute approximate surface area is 137 Å². The van der Waals surface area contributed by atoms with E-state index in [0.717, 1.165) is 31.5 Å². The molecule has 2 rings (SSSR count). The van der Waals surface area contributed by atoms with Crippen LogP contribution in [0.4, 0.5) is 0 Å². The van der Waals surface area contributed by atoms with E-state index in [4.69, 9.17) is 14.2 Å². The van der Waals surface area contributed by atoms with Crippen molar-refractivity contribution in [2.75, 3.05) is 41.0 Å². The summed E-state index contributed by atoms with van der Waals surface area (Å²) in [6, 6.07) is 5.58. The van der Waals surface area contributed by atoms with E-state index in [1.807, 2.05) is 29.2 Å². The van der Waals surface area contributed by atoms with Crippen LogP contribution < -0.4 is 9.47 Å². The van der Waals surface area contributed by atoms with Gasteiger partial charge < -0.3 is 19.1 Å². The van der Waals surface area contributed by atoms with Crippen molar-refractivity contribution in [1.29, 1.82) is 0 Å². The predicted octanol–water partition coefficient (Wildman–Crippen LogP) is 2.60. The fraction of sp³-hybridized carbons (Fsp3) is 0.500. The Morgan fingerprint density at radius 2 is 2.04 bits per heavy atom. The second-order valence-electron chi connectivity index (χ2n) is 5.70. The number of rotatable bonds is 6. The number of amides is 1. The van der Waals surface area contributed by atoms with E-state index in [-0.39, 0.29) is 5.91 Å². The molecule has 1 fully saturated rings. The van der Waals surface area contributed by atoms with Crippen molar-refractivity contribution < 1.29 is 19.0 Å². The Morgan fingerprint density at radius 3 is 2.74 bits per heavy atom. The van der Waals surface area contributed by atoms with Gasteiger partial charge >= 0.3 is 0 Å². The molecule has 1 atom stereocenters. The molecule has 1 saturated heterocycles. The summed E-state index contributed by atoms with van der Waals surface area (Å²) in [7, 11) is 4.90. The van der Waals surface area contributed by atoms with Crippen molar-refractivity contribution in [2.45, 2.75) is 12.8 Å². The highest BCUT2D eigenvalue weighted by molar-refractivity contribution is 5.92. The van der Waals surface area contributed by atoms with Crippen molar-refractivity contribution >= 4 is 12.0 Å². The van der Waals surface area contributed by atoms with Crippen LogP contribution >= 0.6 is 0 Å². The molecular weight excluding hydrogens is 294 g/mol. The molecule has 1 amide bonds. The van der Waals surface area contributed by atoms with E-state index < -0.39 is 0 Å². The molecule has 0 radical (unpaired) electrons. The minimum atomic E-state index is 0.0422. The van der Waals surface area contributed by atoms with Gasteiger partial charge in [0.25, 0.3) is 0 Å². The third-order valence-electron chi connectivity index (χ3n) is 4.06. The van der Waals surface area contributed by atoms with Crippen LogP contribution in [0.3, 0.4) is 0 Å². The molecule has 1 aliphatic heterocycles. The summed E-state index contributed by atoms with van der Waals surface area (Å²) >= 11 is 0. The first kappa shape index (κ1) is 17.3. The summed E-state index contributed by atoms with van der Waals surface area (Å²) in [5.41, 5.74) is 0.904. The zero-order chi connectivity index (χ0) is 16.7. The lowest BCUT2D eigenvalue weighted by molar-refractivity contribution is -0.128. The highest BCUT2D eigenvalue weighted by atomic mass is 16.5. The molecule has 5 nitrogen and oxygen atoms in total. The minimum absolute atomic E-state index is 0.0422. The quantitative estimate of drug-likeness (QED) is 0.756. The van der Waals surface area contributed by atoms with Gasteiger partial charge in [-0.25, -0.2) is 0 Å². The normalized spacial score (nSPS) is 18.2. The molecule has 1 aliphatic rings. The zero-order valence-electron chi connectivity index (χ0n) is 14.1. The van der Waals surface area contributed by atoms with Crippen LogP contribution in [0.5, 0.6) is 11.5 Å². The average molecular weight is 319 g/mol. The van der Waals surface area contributed by atoms with Gasteiger partial charge in [0.15, 0.2) is 11.5 Å². The molecule has 126 valence electrons. The standard InChI is InChI=1S/C18H25NO4/c1-21-13-15-5-4-10-19(12-15)18(20)9-7-14-6-8-16(22-2)17(11-14)23-3/h6-9,11,15H,4-5,10,12-13H2,1-3H3/b9-7+.